The maximum Gasteiger partial charge on any atom is 0.416 e. The number of amides is 1. The number of nitrogens with one attached hydrogen (secondary N) is 2. The Bertz CT molecular complexity index is 1280. The second-order valence-corrected chi connectivity index (χ2v) is 7.22. The first kappa shape index (κ1) is 25.2. The number of carbonyl (C=O) groups is 1. The summed E-state index contributed by atoms with van der Waals surface area (Å²) < 4.78 is 44.0. The quantitative estimate of drug-likeness (QED) is 0.323. The molecule has 35 heavy (non-hydrogen) atoms. The van der Waals surface area contributed by atoms with Gasteiger partial charge in [-0.3, -0.25) is 10.2 Å². The Labute approximate surface area is 199 Å². The van der Waals surface area contributed by atoms with Crippen LogP contribution in [-0.4, -0.2) is 29.7 Å². The molecule has 1 amide bonds. The second kappa shape index (κ2) is 10.6. The van der Waals surface area contributed by atoms with Gasteiger partial charge in [0.25, 0.3) is 11.9 Å². The Morgan fingerprint density at radius 2 is 2.00 bits per heavy atom. The molecule has 4 N–H and O–H groups in total. The lowest BCUT2D eigenvalue weighted by Crippen LogP contribution is -2.29. The van der Waals surface area contributed by atoms with Gasteiger partial charge in [-0.15, -0.1) is 0 Å². The number of carbonyl (C=O) groups excluding carboxylic acids is 1. The van der Waals surface area contributed by atoms with Crippen LogP contribution in [-0.2, 0) is 15.7 Å². The van der Waals surface area contributed by atoms with Crippen LogP contribution in [0.5, 0.6) is 0 Å². The third kappa shape index (κ3) is 6.11. The molecule has 180 valence electrons. The van der Waals surface area contributed by atoms with Crippen molar-refractivity contribution in [3.8, 4) is 0 Å². The van der Waals surface area contributed by atoms with E-state index in [1.54, 1.807) is 48.6 Å². The van der Waals surface area contributed by atoms with Gasteiger partial charge in [0.05, 0.1) is 17.0 Å². The van der Waals surface area contributed by atoms with Gasteiger partial charge in [-0.25, -0.2) is 4.99 Å². The molecule has 0 saturated heterocycles. The fourth-order valence-corrected chi connectivity index (χ4v) is 3.23. The minimum absolute atomic E-state index is 0.163. The van der Waals surface area contributed by atoms with Crippen molar-refractivity contribution >= 4 is 29.2 Å². The highest BCUT2D eigenvalue weighted by Crippen LogP contribution is 2.30. The summed E-state index contributed by atoms with van der Waals surface area (Å²) in [6.07, 6.45) is 0.912. The summed E-state index contributed by atoms with van der Waals surface area (Å²) in [7, 11) is 0. The largest absolute Gasteiger partial charge is 0.416 e. The molecule has 1 atom stereocenters. The molecule has 7 nitrogen and oxygen atoms in total. The Hall–Kier alpha value is -4.47. The maximum absolute atomic E-state index is 13.0. The zero-order chi connectivity index (χ0) is 25.6. The van der Waals surface area contributed by atoms with Crippen molar-refractivity contribution in [1.82, 2.24) is 0 Å². The van der Waals surface area contributed by atoms with Crippen LogP contribution >= 0.6 is 0 Å². The molecule has 0 aromatic heterocycles. The second-order valence-electron chi connectivity index (χ2n) is 7.22. The van der Waals surface area contributed by atoms with Gasteiger partial charge in [0.15, 0.2) is 0 Å². The van der Waals surface area contributed by atoms with Crippen LogP contribution in [0.2, 0.25) is 0 Å². The molecule has 0 fully saturated rings. The summed E-state index contributed by atoms with van der Waals surface area (Å²) in [4.78, 5) is 21.3. The molecule has 0 radical (unpaired) electrons. The first-order chi connectivity index (χ1) is 16.6. The van der Waals surface area contributed by atoms with E-state index in [0.717, 1.165) is 18.2 Å². The zero-order valence-corrected chi connectivity index (χ0v) is 18.6. The van der Waals surface area contributed by atoms with Gasteiger partial charge in [-0.1, -0.05) is 55.1 Å². The van der Waals surface area contributed by atoms with Gasteiger partial charge in [-0.2, -0.15) is 18.2 Å². The number of nitrogens with two attached hydrogens (primary N) is 1. The number of para-hydroxylation sites is 1. The number of benzene rings is 2. The predicted octanol–water partition coefficient (Wildman–Crippen LogP) is 4.82. The molecule has 1 aliphatic rings. The SMILES string of the molecule is C=C/C=C(\C=C/C)C1=NC(N=C(N)OC(=N)c2cccc(C(F)(F)F)c2)C(=O)Nc2ccccc21. The number of aliphatic imine (C=N–C) groups is 2. The van der Waals surface area contributed by atoms with Crippen molar-refractivity contribution in [1.29, 1.82) is 5.41 Å². The number of fused-ring (bicyclic) bond motifs is 1. The van der Waals surface area contributed by atoms with Crippen LogP contribution in [0.3, 0.4) is 0 Å². The van der Waals surface area contributed by atoms with Crippen LogP contribution < -0.4 is 11.1 Å². The van der Waals surface area contributed by atoms with Crippen LogP contribution in [0.4, 0.5) is 18.9 Å². The normalized spacial score (nSPS) is 16.7. The number of amidine groups is 1. The first-order valence-electron chi connectivity index (χ1n) is 10.3. The van der Waals surface area contributed by atoms with Gasteiger partial charge >= 0.3 is 6.18 Å². The summed E-state index contributed by atoms with van der Waals surface area (Å²) in [6.45, 7) is 5.54. The van der Waals surface area contributed by atoms with E-state index in [4.69, 9.17) is 15.9 Å². The van der Waals surface area contributed by atoms with E-state index < -0.39 is 35.7 Å². The van der Waals surface area contributed by atoms with Gasteiger partial charge in [0.2, 0.25) is 12.1 Å². The van der Waals surface area contributed by atoms with E-state index >= 15 is 0 Å². The number of halogens is 3. The number of anilines is 1. The average molecular weight is 481 g/mol. The highest BCUT2D eigenvalue weighted by molar-refractivity contribution is 6.20. The number of hydrogen-bond donors (Lipinski definition) is 3. The number of alkyl halides is 3. The Morgan fingerprint density at radius 1 is 1.26 bits per heavy atom. The molecule has 1 aliphatic heterocycles. The van der Waals surface area contributed by atoms with Gasteiger partial charge in [-0.05, 0) is 31.2 Å². The molecule has 0 bridgehead atoms. The van der Waals surface area contributed by atoms with E-state index in [-0.39, 0.29) is 5.56 Å². The van der Waals surface area contributed by atoms with E-state index in [1.165, 1.54) is 6.07 Å². The summed E-state index contributed by atoms with van der Waals surface area (Å²) in [5.41, 5.74) is 6.92. The molecule has 10 heteroatoms. The van der Waals surface area contributed by atoms with E-state index in [1.807, 2.05) is 6.92 Å². The van der Waals surface area contributed by atoms with Crippen LogP contribution in [0.25, 0.3) is 0 Å². The molecule has 1 unspecified atom stereocenters. The molecule has 0 saturated carbocycles. The molecule has 2 aromatic carbocycles. The first-order valence-corrected chi connectivity index (χ1v) is 10.3. The lowest BCUT2D eigenvalue weighted by atomic mass is 10.00. The Kier molecular flexibility index (Phi) is 7.65. The number of hydrogen-bond acceptors (Lipinski definition) is 5. The fraction of sp³-hybridized carbons (Fsp3) is 0.120. The fourth-order valence-electron chi connectivity index (χ4n) is 3.23. The van der Waals surface area contributed by atoms with Gasteiger partial charge in [0, 0.05) is 16.7 Å². The predicted molar refractivity (Wildman–Crippen MR) is 129 cm³/mol. The smallest absolute Gasteiger partial charge is 0.407 e. The number of ether oxygens (including phenoxy) is 1. The van der Waals surface area contributed by atoms with E-state index in [2.05, 4.69) is 21.9 Å². The van der Waals surface area contributed by atoms with Crippen LogP contribution in [0.15, 0.2) is 95.0 Å². The maximum atomic E-state index is 13.0. The van der Waals surface area contributed by atoms with Gasteiger partial charge in [0.1, 0.15) is 0 Å². The monoisotopic (exact) mass is 481 g/mol. The average Bonchev–Trinajstić information content (AvgIpc) is 2.94. The molecular formula is C25H22F3N5O2. The lowest BCUT2D eigenvalue weighted by molar-refractivity contribution is -0.137. The number of benzodiazepines with no additional fused rings is 1. The van der Waals surface area contributed by atoms with Crippen molar-refractivity contribution in [2.45, 2.75) is 19.3 Å². The number of nitrogens with zero attached hydrogens (tertiary/aromatic N) is 2. The van der Waals surface area contributed by atoms with Crippen LogP contribution in [0.1, 0.15) is 23.6 Å². The third-order valence-corrected chi connectivity index (χ3v) is 4.75. The molecule has 3 rings (SSSR count). The number of allylic oxidation sites excluding steroid dienone is 5. The third-order valence-electron chi connectivity index (χ3n) is 4.75. The van der Waals surface area contributed by atoms with Crippen LogP contribution in [0, 0.1) is 5.41 Å². The molecule has 0 aliphatic carbocycles. The number of rotatable bonds is 5. The van der Waals surface area contributed by atoms with E-state index in [9.17, 15) is 18.0 Å². The Morgan fingerprint density at radius 3 is 2.69 bits per heavy atom. The summed E-state index contributed by atoms with van der Waals surface area (Å²) >= 11 is 0. The van der Waals surface area contributed by atoms with Crippen molar-refractivity contribution in [2.75, 3.05) is 5.32 Å². The molecule has 2 aromatic rings. The van der Waals surface area contributed by atoms with Gasteiger partial charge < -0.3 is 15.8 Å². The van der Waals surface area contributed by atoms with Crippen molar-refractivity contribution in [2.24, 2.45) is 15.7 Å². The van der Waals surface area contributed by atoms with Crippen molar-refractivity contribution in [3.05, 3.63) is 102 Å². The highest BCUT2D eigenvalue weighted by atomic mass is 19.4. The standard InChI is InChI=1S/C25H22F3N5O2/c1-3-8-15(9-4-2)20-18-12-5-6-13-19(18)31-23(34)22(32-20)33-24(30)35-21(29)16-10-7-11-17(14-16)25(26,27)28/h3-14,22,29H,1H2,2H3,(H2,30,33)(H,31,34)/b9-4-,15-8+,29-21?. The highest BCUT2D eigenvalue weighted by Gasteiger charge is 2.31. The van der Waals surface area contributed by atoms with Crippen molar-refractivity contribution < 1.29 is 22.7 Å². The molecule has 1 heterocycles. The topological polar surface area (TPSA) is 113 Å². The summed E-state index contributed by atoms with van der Waals surface area (Å²) in [6, 6.07) is 10.5. The Balaban J connectivity index is 1.96. The molecular weight excluding hydrogens is 459 g/mol. The molecule has 0 spiro atoms. The zero-order valence-electron chi connectivity index (χ0n) is 18.6. The minimum atomic E-state index is -4.59. The lowest BCUT2D eigenvalue weighted by Gasteiger charge is -2.11. The minimum Gasteiger partial charge on any atom is -0.407 e. The van der Waals surface area contributed by atoms with E-state index in [0.29, 0.717) is 22.5 Å². The van der Waals surface area contributed by atoms with Crippen molar-refractivity contribution in [3.63, 3.8) is 0 Å². The summed E-state index contributed by atoms with van der Waals surface area (Å²) in [5, 5.41) is 10.7. The summed E-state index contributed by atoms with van der Waals surface area (Å²) in [5.74, 6) is -1.27.